The average molecular weight is 404 g/mol. The summed E-state index contributed by atoms with van der Waals surface area (Å²) in [6.07, 6.45) is 7.36. The van der Waals surface area contributed by atoms with Crippen LogP contribution in [0, 0.1) is 25.1 Å². The molecule has 3 aromatic rings. The summed E-state index contributed by atoms with van der Waals surface area (Å²) in [7, 11) is 1.66. The van der Waals surface area contributed by atoms with Gasteiger partial charge in [0.05, 0.1) is 0 Å². The molecule has 6 heteroatoms. The lowest BCUT2D eigenvalue weighted by Crippen LogP contribution is -2.20. The predicted octanol–water partition coefficient (Wildman–Crippen LogP) is 4.43. The summed E-state index contributed by atoms with van der Waals surface area (Å²) in [6, 6.07) is 11.4. The van der Waals surface area contributed by atoms with Crippen molar-refractivity contribution in [1.29, 1.82) is 0 Å². The lowest BCUT2D eigenvalue weighted by molar-refractivity contribution is -0.111. The molecule has 1 N–H and O–H groups in total. The van der Waals surface area contributed by atoms with Crippen LogP contribution >= 0.6 is 0 Å². The number of nitrogens with one attached hydrogen (secondary N) is 1. The number of anilines is 1. The standard InChI is InChI=1S/C24H21FN2O3/c1-5-16-12-17(14-27(4)24(16)29)19-13-18(26-23(28)6-2)8-10-21(19)30-22-9-7-15(3)11-20(22)25/h2,7-14H,5H2,1,3-4H3,(H,26,28). The van der Waals surface area contributed by atoms with Crippen LogP contribution in [-0.2, 0) is 18.3 Å². The Morgan fingerprint density at radius 1 is 1.20 bits per heavy atom. The summed E-state index contributed by atoms with van der Waals surface area (Å²) < 4.78 is 21.7. The van der Waals surface area contributed by atoms with E-state index in [0.29, 0.717) is 34.5 Å². The number of terminal acetylenes is 1. The van der Waals surface area contributed by atoms with Crippen molar-refractivity contribution in [3.8, 4) is 35.0 Å². The summed E-state index contributed by atoms with van der Waals surface area (Å²) in [4.78, 5) is 23.9. The molecular weight excluding hydrogens is 383 g/mol. The molecule has 0 fully saturated rings. The molecule has 0 unspecified atom stereocenters. The number of rotatable bonds is 5. The molecule has 0 radical (unpaired) electrons. The second kappa shape index (κ2) is 8.66. The first-order valence-corrected chi connectivity index (χ1v) is 9.38. The highest BCUT2D eigenvalue weighted by molar-refractivity contribution is 6.03. The van der Waals surface area contributed by atoms with Gasteiger partial charge < -0.3 is 14.6 Å². The molecule has 1 amide bonds. The van der Waals surface area contributed by atoms with Crippen LogP contribution in [0.2, 0.25) is 0 Å². The fraction of sp³-hybridized carbons (Fsp3) is 0.167. The van der Waals surface area contributed by atoms with E-state index in [1.165, 1.54) is 10.6 Å². The van der Waals surface area contributed by atoms with Gasteiger partial charge in [-0.05, 0) is 61.2 Å². The Hall–Kier alpha value is -3.85. The third-order valence-electron chi connectivity index (χ3n) is 4.63. The largest absolute Gasteiger partial charge is 0.454 e. The van der Waals surface area contributed by atoms with Gasteiger partial charge >= 0.3 is 0 Å². The Balaban J connectivity index is 2.15. The van der Waals surface area contributed by atoms with Crippen LogP contribution in [0.15, 0.2) is 53.5 Å². The molecule has 30 heavy (non-hydrogen) atoms. The maximum Gasteiger partial charge on any atom is 0.300 e. The smallest absolute Gasteiger partial charge is 0.300 e. The van der Waals surface area contributed by atoms with Crippen molar-refractivity contribution in [2.45, 2.75) is 20.3 Å². The number of carbonyl (C=O) groups is 1. The monoisotopic (exact) mass is 404 g/mol. The van der Waals surface area contributed by atoms with Gasteiger partial charge in [-0.2, -0.15) is 0 Å². The molecular formula is C24H21FN2O3. The van der Waals surface area contributed by atoms with E-state index in [2.05, 4.69) is 5.32 Å². The van der Waals surface area contributed by atoms with Gasteiger partial charge in [0.2, 0.25) is 0 Å². The fourth-order valence-electron chi connectivity index (χ4n) is 3.08. The average Bonchev–Trinajstić information content (AvgIpc) is 2.72. The summed E-state index contributed by atoms with van der Waals surface area (Å²) in [6.45, 7) is 3.68. The number of carbonyl (C=O) groups excluding carboxylic acids is 1. The van der Waals surface area contributed by atoms with Gasteiger partial charge in [-0.3, -0.25) is 9.59 Å². The minimum atomic E-state index is -0.589. The maximum atomic E-state index is 14.4. The molecule has 1 heterocycles. The number of benzene rings is 2. The van der Waals surface area contributed by atoms with Crippen molar-refractivity contribution >= 4 is 11.6 Å². The molecule has 5 nitrogen and oxygen atoms in total. The van der Waals surface area contributed by atoms with Gasteiger partial charge in [0.1, 0.15) is 5.75 Å². The van der Waals surface area contributed by atoms with E-state index in [9.17, 15) is 14.0 Å². The van der Waals surface area contributed by atoms with E-state index in [0.717, 1.165) is 5.56 Å². The van der Waals surface area contributed by atoms with E-state index in [-0.39, 0.29) is 11.3 Å². The predicted molar refractivity (Wildman–Crippen MR) is 115 cm³/mol. The zero-order valence-corrected chi connectivity index (χ0v) is 17.0. The van der Waals surface area contributed by atoms with Gasteiger partial charge in [0.15, 0.2) is 11.6 Å². The molecule has 0 saturated carbocycles. The third-order valence-corrected chi connectivity index (χ3v) is 4.63. The van der Waals surface area contributed by atoms with Crippen LogP contribution in [0.1, 0.15) is 18.1 Å². The first-order chi connectivity index (χ1) is 14.3. The number of pyridine rings is 1. The molecule has 0 aliphatic heterocycles. The number of aryl methyl sites for hydroxylation is 3. The quantitative estimate of drug-likeness (QED) is 0.640. The molecule has 0 spiro atoms. The molecule has 1 aromatic heterocycles. The Morgan fingerprint density at radius 2 is 1.93 bits per heavy atom. The lowest BCUT2D eigenvalue weighted by Gasteiger charge is -2.15. The Labute approximate surface area is 174 Å². The van der Waals surface area contributed by atoms with Crippen LogP contribution in [0.5, 0.6) is 11.5 Å². The molecule has 152 valence electrons. The van der Waals surface area contributed by atoms with Gasteiger partial charge in [0.25, 0.3) is 11.5 Å². The van der Waals surface area contributed by atoms with E-state index in [1.807, 2.05) is 12.8 Å². The van der Waals surface area contributed by atoms with Crippen molar-refractivity contribution in [3.63, 3.8) is 0 Å². The highest BCUT2D eigenvalue weighted by Crippen LogP contribution is 2.36. The summed E-state index contributed by atoms with van der Waals surface area (Å²) >= 11 is 0. The normalized spacial score (nSPS) is 10.4. The number of ether oxygens (including phenoxy) is 1. The maximum absolute atomic E-state index is 14.4. The number of nitrogens with zero attached hydrogens (tertiary/aromatic N) is 1. The summed E-state index contributed by atoms with van der Waals surface area (Å²) in [5, 5.41) is 2.59. The zero-order valence-electron chi connectivity index (χ0n) is 17.0. The molecule has 3 rings (SSSR count). The van der Waals surface area contributed by atoms with Crippen molar-refractivity contribution in [2.75, 3.05) is 5.32 Å². The van der Waals surface area contributed by atoms with Gasteiger partial charge in [-0.15, -0.1) is 6.42 Å². The molecule has 0 bridgehead atoms. The third kappa shape index (κ3) is 4.41. The Kier molecular flexibility index (Phi) is 6.03. The van der Waals surface area contributed by atoms with Crippen molar-refractivity contribution in [3.05, 3.63) is 76.0 Å². The molecule has 2 aromatic carbocycles. The fourth-order valence-corrected chi connectivity index (χ4v) is 3.08. The van der Waals surface area contributed by atoms with Crippen molar-refractivity contribution in [2.24, 2.45) is 7.05 Å². The number of amides is 1. The van der Waals surface area contributed by atoms with Crippen molar-refractivity contribution < 1.29 is 13.9 Å². The number of hydrogen-bond acceptors (Lipinski definition) is 3. The SMILES string of the molecule is C#CC(=O)Nc1ccc(Oc2ccc(C)cc2F)c(-c2cc(CC)c(=O)n(C)c2)c1. The summed E-state index contributed by atoms with van der Waals surface area (Å²) in [5.41, 5.74) is 3.03. The first-order valence-electron chi connectivity index (χ1n) is 9.38. The second-order valence-corrected chi connectivity index (χ2v) is 6.87. The molecule has 0 aliphatic carbocycles. The number of aromatic nitrogens is 1. The van der Waals surface area contributed by atoms with Crippen LogP contribution in [0.4, 0.5) is 10.1 Å². The minimum Gasteiger partial charge on any atom is -0.454 e. The van der Waals surface area contributed by atoms with Gasteiger partial charge in [-0.1, -0.05) is 13.0 Å². The highest BCUT2D eigenvalue weighted by Gasteiger charge is 2.14. The van der Waals surface area contributed by atoms with E-state index < -0.39 is 11.7 Å². The van der Waals surface area contributed by atoms with E-state index in [4.69, 9.17) is 11.2 Å². The summed E-state index contributed by atoms with van der Waals surface area (Å²) in [5.74, 6) is 1.37. The van der Waals surface area contributed by atoms with Crippen LogP contribution in [-0.4, -0.2) is 10.5 Å². The zero-order chi connectivity index (χ0) is 21.8. The number of halogens is 1. The van der Waals surface area contributed by atoms with Crippen molar-refractivity contribution in [1.82, 2.24) is 4.57 Å². The van der Waals surface area contributed by atoms with Gasteiger partial charge in [-0.25, -0.2) is 4.39 Å². The van der Waals surface area contributed by atoms with Crippen LogP contribution < -0.4 is 15.6 Å². The van der Waals surface area contributed by atoms with E-state index >= 15 is 0 Å². The Bertz CT molecular complexity index is 1220. The number of hydrogen-bond donors (Lipinski definition) is 1. The van der Waals surface area contributed by atoms with Gasteiger partial charge in [0, 0.05) is 35.6 Å². The molecule has 0 atom stereocenters. The molecule has 0 aliphatic rings. The second-order valence-electron chi connectivity index (χ2n) is 6.87. The highest BCUT2D eigenvalue weighted by atomic mass is 19.1. The van der Waals surface area contributed by atoms with Crippen LogP contribution in [0.3, 0.4) is 0 Å². The topological polar surface area (TPSA) is 60.3 Å². The van der Waals surface area contributed by atoms with Crippen LogP contribution in [0.25, 0.3) is 11.1 Å². The molecule has 0 saturated heterocycles. The first kappa shape index (κ1) is 20.9. The lowest BCUT2D eigenvalue weighted by atomic mass is 10.0. The van der Waals surface area contributed by atoms with E-state index in [1.54, 1.807) is 56.6 Å². The minimum absolute atomic E-state index is 0.0720. The Morgan fingerprint density at radius 3 is 2.60 bits per heavy atom.